The van der Waals surface area contributed by atoms with Gasteiger partial charge in [0.05, 0.1) is 33.6 Å². The van der Waals surface area contributed by atoms with E-state index >= 15 is 0 Å². The van der Waals surface area contributed by atoms with Crippen molar-refractivity contribution in [2.24, 2.45) is 4.99 Å². The molecule has 2 N–H and O–H groups in total. The molecule has 164 valence electrons. The third kappa shape index (κ3) is 3.14. The Balaban J connectivity index is 1.68. The summed E-state index contributed by atoms with van der Waals surface area (Å²) in [4.78, 5) is 16.5. The van der Waals surface area contributed by atoms with Crippen molar-refractivity contribution >= 4 is 56.1 Å². The summed E-state index contributed by atoms with van der Waals surface area (Å²) in [6, 6.07) is 23.0. The van der Waals surface area contributed by atoms with E-state index in [1.807, 2.05) is 54.7 Å². The average molecular weight is 466 g/mol. The van der Waals surface area contributed by atoms with Crippen LogP contribution in [-0.2, 0) is 0 Å². The number of aromatic nitrogens is 2. The zero-order valence-corrected chi connectivity index (χ0v) is 18.4. The summed E-state index contributed by atoms with van der Waals surface area (Å²) in [5, 5.41) is 25.3. The Morgan fingerprint density at radius 1 is 0.882 bits per heavy atom. The number of anilines is 1. The molecule has 7 nitrogen and oxygen atoms in total. The molecule has 1 aromatic heterocycles. The van der Waals surface area contributed by atoms with Gasteiger partial charge in [0, 0.05) is 34.0 Å². The molecule has 1 aliphatic heterocycles. The highest BCUT2D eigenvalue weighted by atomic mass is 35.5. The number of nitro benzene ring substituents is 1. The van der Waals surface area contributed by atoms with Gasteiger partial charge < -0.3 is 5.32 Å². The standard InChI is InChI=1S/C26H16ClN5O2/c27-21-11-4-3-9-18(21)25-19-12-23(32(33)34)26-20(13-29-31-26)24(19)28-14-22(30-25)17-10-5-7-15-6-1-2-8-16(15)17/h1-14,28H,(H,29,31). The van der Waals surface area contributed by atoms with Gasteiger partial charge in [-0.25, -0.2) is 4.99 Å². The summed E-state index contributed by atoms with van der Waals surface area (Å²) in [7, 11) is 0. The van der Waals surface area contributed by atoms with Crippen LogP contribution in [0.25, 0.3) is 27.4 Å². The van der Waals surface area contributed by atoms with Crippen LogP contribution >= 0.6 is 11.6 Å². The number of fused-ring (bicyclic) bond motifs is 4. The van der Waals surface area contributed by atoms with Gasteiger partial charge in [-0.15, -0.1) is 0 Å². The number of aromatic amines is 1. The molecule has 8 heteroatoms. The molecule has 1 aliphatic rings. The Labute approximate surface area is 198 Å². The van der Waals surface area contributed by atoms with Crippen LogP contribution < -0.4 is 5.32 Å². The molecule has 0 saturated carbocycles. The minimum absolute atomic E-state index is 0.0820. The van der Waals surface area contributed by atoms with E-state index in [1.165, 1.54) is 6.07 Å². The van der Waals surface area contributed by atoms with Gasteiger partial charge in [0.1, 0.15) is 5.52 Å². The van der Waals surface area contributed by atoms with E-state index in [4.69, 9.17) is 16.6 Å². The van der Waals surface area contributed by atoms with Gasteiger partial charge in [0.25, 0.3) is 5.69 Å². The number of hydrogen-bond donors (Lipinski definition) is 2. The van der Waals surface area contributed by atoms with Crippen molar-refractivity contribution < 1.29 is 4.92 Å². The minimum atomic E-state index is -0.422. The molecule has 0 amide bonds. The van der Waals surface area contributed by atoms with Crippen molar-refractivity contribution in [3.63, 3.8) is 0 Å². The molecule has 0 spiro atoms. The first-order valence-electron chi connectivity index (χ1n) is 10.5. The maximum atomic E-state index is 11.9. The van der Waals surface area contributed by atoms with E-state index in [2.05, 4.69) is 27.6 Å². The number of aliphatic imine (C=N–C) groups is 1. The van der Waals surface area contributed by atoms with Crippen LogP contribution in [0, 0.1) is 10.1 Å². The first-order valence-corrected chi connectivity index (χ1v) is 10.9. The molecule has 34 heavy (non-hydrogen) atoms. The number of halogens is 1. The lowest BCUT2D eigenvalue weighted by molar-refractivity contribution is -0.383. The van der Waals surface area contributed by atoms with Gasteiger partial charge in [-0.05, 0) is 16.8 Å². The maximum absolute atomic E-state index is 11.9. The Morgan fingerprint density at radius 3 is 2.50 bits per heavy atom. The van der Waals surface area contributed by atoms with Gasteiger partial charge in [0.15, 0.2) is 0 Å². The van der Waals surface area contributed by atoms with Crippen LogP contribution in [0.4, 0.5) is 11.4 Å². The van der Waals surface area contributed by atoms with Crippen LogP contribution in [0.5, 0.6) is 0 Å². The third-order valence-corrected chi connectivity index (χ3v) is 6.28. The molecule has 5 aromatic rings. The molecule has 2 heterocycles. The van der Waals surface area contributed by atoms with Gasteiger partial charge >= 0.3 is 0 Å². The number of nitrogens with one attached hydrogen (secondary N) is 2. The number of nitrogens with zero attached hydrogens (tertiary/aromatic N) is 3. The zero-order valence-electron chi connectivity index (χ0n) is 17.6. The third-order valence-electron chi connectivity index (χ3n) is 5.95. The fourth-order valence-electron chi connectivity index (χ4n) is 4.38. The van der Waals surface area contributed by atoms with Crippen molar-refractivity contribution in [1.82, 2.24) is 10.2 Å². The van der Waals surface area contributed by atoms with Crippen LogP contribution in [0.1, 0.15) is 16.7 Å². The number of non-ortho nitro benzene ring substituents is 1. The van der Waals surface area contributed by atoms with Gasteiger partial charge in [0.2, 0.25) is 0 Å². The number of H-pyrrole nitrogens is 1. The SMILES string of the molecule is O=[N+]([O-])c1cc2c(c3cn[nH]c13)NC=C(c1cccc3ccccc13)N=C2c1ccccc1Cl. The quantitative estimate of drug-likeness (QED) is 0.233. The normalized spacial score (nSPS) is 13.1. The van der Waals surface area contributed by atoms with Crippen molar-refractivity contribution in [3.05, 3.63) is 117 Å². The number of benzene rings is 4. The highest BCUT2D eigenvalue weighted by molar-refractivity contribution is 6.36. The van der Waals surface area contributed by atoms with E-state index in [0.717, 1.165) is 16.3 Å². The Bertz CT molecular complexity index is 1680. The van der Waals surface area contributed by atoms with Crippen molar-refractivity contribution in [2.75, 3.05) is 5.32 Å². The Morgan fingerprint density at radius 2 is 1.65 bits per heavy atom. The zero-order chi connectivity index (χ0) is 23.2. The van der Waals surface area contributed by atoms with Crippen molar-refractivity contribution in [1.29, 1.82) is 0 Å². The molecule has 0 atom stereocenters. The molecule has 0 unspecified atom stereocenters. The molecular formula is C26H16ClN5O2. The number of rotatable bonds is 3. The van der Waals surface area contributed by atoms with E-state index in [9.17, 15) is 10.1 Å². The fraction of sp³-hybridized carbons (Fsp3) is 0. The molecule has 4 aromatic carbocycles. The predicted octanol–water partition coefficient (Wildman–Crippen LogP) is 6.54. The molecule has 0 saturated heterocycles. The van der Waals surface area contributed by atoms with Crippen molar-refractivity contribution in [2.45, 2.75) is 0 Å². The van der Waals surface area contributed by atoms with E-state index in [0.29, 0.717) is 44.1 Å². The second-order valence-corrected chi connectivity index (χ2v) is 8.28. The number of nitro groups is 1. The highest BCUT2D eigenvalue weighted by Crippen LogP contribution is 2.39. The Kier molecular flexibility index (Phi) is 4.64. The summed E-state index contributed by atoms with van der Waals surface area (Å²) in [6.45, 7) is 0. The molecular weight excluding hydrogens is 450 g/mol. The van der Waals surface area contributed by atoms with Crippen LogP contribution in [-0.4, -0.2) is 20.8 Å². The maximum Gasteiger partial charge on any atom is 0.295 e. The van der Waals surface area contributed by atoms with Crippen LogP contribution in [0.15, 0.2) is 90.2 Å². The molecule has 0 fully saturated rings. The first kappa shape index (κ1) is 20.1. The van der Waals surface area contributed by atoms with Gasteiger partial charge in [-0.2, -0.15) is 5.10 Å². The lowest BCUT2D eigenvalue weighted by atomic mass is 9.97. The van der Waals surface area contributed by atoms with Gasteiger partial charge in [-0.3, -0.25) is 15.2 Å². The second kappa shape index (κ2) is 7.83. The molecule has 0 bridgehead atoms. The fourth-order valence-corrected chi connectivity index (χ4v) is 4.61. The summed E-state index contributed by atoms with van der Waals surface area (Å²) < 4.78 is 0. The summed E-state index contributed by atoms with van der Waals surface area (Å²) >= 11 is 6.59. The summed E-state index contributed by atoms with van der Waals surface area (Å²) in [5.74, 6) is 0. The van der Waals surface area contributed by atoms with Gasteiger partial charge in [-0.1, -0.05) is 72.3 Å². The number of hydrogen-bond acceptors (Lipinski definition) is 5. The molecule has 0 radical (unpaired) electrons. The topological polar surface area (TPSA) is 96.2 Å². The second-order valence-electron chi connectivity index (χ2n) is 7.87. The largest absolute Gasteiger partial charge is 0.359 e. The van der Waals surface area contributed by atoms with E-state index in [1.54, 1.807) is 12.3 Å². The molecule has 6 rings (SSSR count). The van der Waals surface area contributed by atoms with Crippen LogP contribution in [0.2, 0.25) is 5.02 Å². The highest BCUT2D eigenvalue weighted by Gasteiger charge is 2.26. The lowest BCUT2D eigenvalue weighted by Gasteiger charge is -2.13. The lowest BCUT2D eigenvalue weighted by Crippen LogP contribution is -2.07. The monoisotopic (exact) mass is 465 g/mol. The van der Waals surface area contributed by atoms with E-state index < -0.39 is 4.92 Å². The van der Waals surface area contributed by atoms with E-state index in [-0.39, 0.29) is 5.69 Å². The van der Waals surface area contributed by atoms with Crippen molar-refractivity contribution in [3.8, 4) is 0 Å². The average Bonchev–Trinajstić information content (AvgIpc) is 3.26. The minimum Gasteiger partial charge on any atom is -0.359 e. The predicted molar refractivity (Wildman–Crippen MR) is 135 cm³/mol. The Hall–Kier alpha value is -4.49. The first-order chi connectivity index (χ1) is 16.6. The summed E-state index contributed by atoms with van der Waals surface area (Å²) in [5.41, 5.74) is 4.33. The summed E-state index contributed by atoms with van der Waals surface area (Å²) in [6.07, 6.45) is 3.40. The molecule has 0 aliphatic carbocycles. The smallest absolute Gasteiger partial charge is 0.295 e. The van der Waals surface area contributed by atoms with Crippen LogP contribution in [0.3, 0.4) is 0 Å².